The number of hydrazone groups is 1. The molecule has 0 atom stereocenters. The predicted molar refractivity (Wildman–Crippen MR) is 104 cm³/mol. The van der Waals surface area contributed by atoms with E-state index in [0.717, 1.165) is 32.4 Å². The standard InChI is InChI=1S/C18H19N5O3S/c1-11-5-6-12(26-11)9-13-16(19)23-18(20-17(13)25)27-14(21-23)10-15(24)22-7-3-2-4-8-22/h5-6,9,19H,2-4,7-8,10H2,1H3/b13-9-,19-16?. The second-order valence-electron chi connectivity index (χ2n) is 6.58. The number of hydrogen-bond donors (Lipinski definition) is 1. The van der Waals surface area contributed by atoms with Crippen LogP contribution in [0.4, 0.5) is 0 Å². The van der Waals surface area contributed by atoms with E-state index in [9.17, 15) is 9.59 Å². The Bertz CT molecular complexity index is 908. The van der Waals surface area contributed by atoms with Gasteiger partial charge in [0.25, 0.3) is 5.91 Å². The molecule has 9 heteroatoms. The molecular formula is C18H19N5O3S. The van der Waals surface area contributed by atoms with Crippen molar-refractivity contribution in [3.63, 3.8) is 0 Å². The Hall–Kier alpha value is -2.68. The molecule has 0 radical (unpaired) electrons. The lowest BCUT2D eigenvalue weighted by Crippen LogP contribution is -2.36. The maximum atomic E-state index is 12.4. The Kier molecular flexibility index (Phi) is 4.69. The Morgan fingerprint density at radius 1 is 1.33 bits per heavy atom. The van der Waals surface area contributed by atoms with Crippen molar-refractivity contribution in [1.29, 1.82) is 5.41 Å². The quantitative estimate of drug-likeness (QED) is 0.806. The second kappa shape index (κ2) is 7.15. The lowest BCUT2D eigenvalue weighted by molar-refractivity contribution is -0.130. The van der Waals surface area contributed by atoms with E-state index in [1.807, 2.05) is 4.90 Å². The number of carbonyl (C=O) groups is 2. The van der Waals surface area contributed by atoms with E-state index in [2.05, 4.69) is 10.1 Å². The van der Waals surface area contributed by atoms with Crippen LogP contribution < -0.4 is 0 Å². The van der Waals surface area contributed by atoms with Gasteiger partial charge in [-0.2, -0.15) is 15.1 Å². The van der Waals surface area contributed by atoms with Crippen LogP contribution in [-0.4, -0.2) is 50.9 Å². The highest BCUT2D eigenvalue weighted by Crippen LogP contribution is 2.30. The van der Waals surface area contributed by atoms with E-state index in [4.69, 9.17) is 9.83 Å². The number of furan rings is 1. The summed E-state index contributed by atoms with van der Waals surface area (Å²) in [5.74, 6) is 0.657. The van der Waals surface area contributed by atoms with Crippen LogP contribution in [0.1, 0.15) is 37.2 Å². The minimum atomic E-state index is -0.508. The smallest absolute Gasteiger partial charge is 0.283 e. The zero-order valence-corrected chi connectivity index (χ0v) is 15.7. The third-order valence-electron chi connectivity index (χ3n) is 4.56. The fourth-order valence-corrected chi connectivity index (χ4v) is 4.04. The van der Waals surface area contributed by atoms with E-state index < -0.39 is 5.91 Å². The lowest BCUT2D eigenvalue weighted by Gasteiger charge is -2.26. The summed E-state index contributed by atoms with van der Waals surface area (Å²) in [5.41, 5.74) is 0.112. The first-order valence-corrected chi connectivity index (χ1v) is 9.66. The van der Waals surface area contributed by atoms with Crippen LogP contribution in [0.3, 0.4) is 0 Å². The van der Waals surface area contributed by atoms with Gasteiger partial charge in [0.2, 0.25) is 11.1 Å². The summed E-state index contributed by atoms with van der Waals surface area (Å²) >= 11 is 1.17. The van der Waals surface area contributed by atoms with Gasteiger partial charge < -0.3 is 9.32 Å². The highest BCUT2D eigenvalue weighted by molar-refractivity contribution is 8.27. The molecule has 2 amide bonds. The number of aryl methyl sites for hydroxylation is 1. The largest absolute Gasteiger partial charge is 0.462 e. The van der Waals surface area contributed by atoms with Crippen LogP contribution in [0.5, 0.6) is 0 Å². The number of carbonyl (C=O) groups excluding carboxylic acids is 2. The second-order valence-corrected chi connectivity index (χ2v) is 7.62. The van der Waals surface area contributed by atoms with E-state index in [0.29, 0.717) is 21.7 Å². The molecule has 1 saturated heterocycles. The third kappa shape index (κ3) is 3.59. The average Bonchev–Trinajstić information content (AvgIpc) is 3.25. The first kappa shape index (κ1) is 17.7. The average molecular weight is 385 g/mol. The van der Waals surface area contributed by atoms with Gasteiger partial charge in [-0.05, 0) is 56.2 Å². The van der Waals surface area contributed by atoms with Crippen molar-refractivity contribution in [2.24, 2.45) is 10.1 Å². The van der Waals surface area contributed by atoms with E-state index in [1.165, 1.54) is 22.8 Å². The molecule has 0 saturated carbocycles. The molecule has 1 N–H and O–H groups in total. The SMILES string of the molecule is Cc1ccc(/C=C2/C(=N)N3N=C(CC(=O)N4CCCCC4)SC3=NC2=O)o1. The number of nitrogens with one attached hydrogen (secondary N) is 1. The number of hydrogen-bond acceptors (Lipinski definition) is 6. The van der Waals surface area contributed by atoms with Crippen molar-refractivity contribution in [2.75, 3.05) is 13.1 Å². The normalized spacial score (nSPS) is 21.4. The number of amidine groups is 2. The zero-order chi connectivity index (χ0) is 19.0. The summed E-state index contributed by atoms with van der Waals surface area (Å²) < 4.78 is 5.45. The summed E-state index contributed by atoms with van der Waals surface area (Å²) in [7, 11) is 0. The van der Waals surface area contributed by atoms with Crippen molar-refractivity contribution in [1.82, 2.24) is 9.91 Å². The molecule has 0 unspecified atom stereocenters. The van der Waals surface area contributed by atoms with E-state index in [1.54, 1.807) is 19.1 Å². The molecule has 1 fully saturated rings. The van der Waals surface area contributed by atoms with Gasteiger partial charge in [0.15, 0.2) is 5.84 Å². The van der Waals surface area contributed by atoms with Gasteiger partial charge in [-0.3, -0.25) is 15.0 Å². The van der Waals surface area contributed by atoms with E-state index >= 15 is 0 Å². The molecule has 1 aromatic heterocycles. The number of piperidine rings is 1. The number of likely N-dealkylation sites (tertiary alicyclic amines) is 1. The van der Waals surface area contributed by atoms with Crippen molar-refractivity contribution in [3.8, 4) is 0 Å². The van der Waals surface area contributed by atoms with Crippen LogP contribution in [0, 0.1) is 12.3 Å². The molecular weight excluding hydrogens is 366 g/mol. The Morgan fingerprint density at radius 3 is 2.81 bits per heavy atom. The van der Waals surface area contributed by atoms with Crippen molar-refractivity contribution in [3.05, 3.63) is 29.2 Å². The van der Waals surface area contributed by atoms with Gasteiger partial charge in [-0.15, -0.1) is 0 Å². The molecule has 8 nitrogen and oxygen atoms in total. The summed E-state index contributed by atoms with van der Waals surface area (Å²) in [5, 5.41) is 14.9. The Balaban J connectivity index is 1.51. The predicted octanol–water partition coefficient (Wildman–Crippen LogP) is 2.61. The monoisotopic (exact) mass is 385 g/mol. The number of nitrogens with zero attached hydrogens (tertiary/aromatic N) is 4. The number of aliphatic imine (C=N–C) groups is 1. The van der Waals surface area contributed by atoms with Gasteiger partial charge in [0, 0.05) is 13.1 Å². The van der Waals surface area contributed by atoms with Crippen LogP contribution in [-0.2, 0) is 9.59 Å². The summed E-state index contributed by atoms with van der Waals surface area (Å²) in [6.45, 7) is 3.37. The fraction of sp³-hybridized carbons (Fsp3) is 0.389. The topological polar surface area (TPSA) is 102 Å². The number of rotatable bonds is 3. The van der Waals surface area contributed by atoms with Crippen LogP contribution in [0.25, 0.3) is 6.08 Å². The minimum absolute atomic E-state index is 0.0288. The third-order valence-corrected chi connectivity index (χ3v) is 5.46. The highest BCUT2D eigenvalue weighted by Gasteiger charge is 2.36. The minimum Gasteiger partial charge on any atom is -0.462 e. The molecule has 3 aliphatic heterocycles. The summed E-state index contributed by atoms with van der Waals surface area (Å²) in [4.78, 5) is 30.7. The van der Waals surface area contributed by atoms with Crippen molar-refractivity contribution < 1.29 is 14.0 Å². The molecule has 27 heavy (non-hydrogen) atoms. The molecule has 0 spiro atoms. The molecule has 4 rings (SSSR count). The number of fused-ring (bicyclic) bond motifs is 1. The fourth-order valence-electron chi connectivity index (χ4n) is 3.16. The molecule has 0 aromatic carbocycles. The van der Waals surface area contributed by atoms with Gasteiger partial charge in [0.1, 0.15) is 16.6 Å². The maximum absolute atomic E-state index is 12.4. The van der Waals surface area contributed by atoms with Crippen LogP contribution >= 0.6 is 11.8 Å². The van der Waals surface area contributed by atoms with Gasteiger partial charge in [0.05, 0.1) is 12.0 Å². The van der Waals surface area contributed by atoms with Crippen LogP contribution in [0.2, 0.25) is 0 Å². The summed E-state index contributed by atoms with van der Waals surface area (Å²) in [6.07, 6.45) is 4.88. The van der Waals surface area contributed by atoms with E-state index in [-0.39, 0.29) is 23.7 Å². The molecule has 3 aliphatic rings. The highest BCUT2D eigenvalue weighted by atomic mass is 32.2. The zero-order valence-electron chi connectivity index (χ0n) is 14.9. The molecule has 1 aromatic rings. The molecule has 0 aliphatic carbocycles. The summed E-state index contributed by atoms with van der Waals surface area (Å²) in [6, 6.07) is 3.51. The first-order chi connectivity index (χ1) is 13.0. The molecule has 0 bridgehead atoms. The van der Waals surface area contributed by atoms with Crippen molar-refractivity contribution >= 4 is 45.7 Å². The van der Waals surface area contributed by atoms with Gasteiger partial charge >= 0.3 is 0 Å². The van der Waals surface area contributed by atoms with Crippen molar-refractivity contribution in [2.45, 2.75) is 32.6 Å². The number of amides is 2. The first-order valence-electron chi connectivity index (χ1n) is 8.84. The molecule has 4 heterocycles. The van der Waals surface area contributed by atoms with Crippen LogP contribution in [0.15, 0.2) is 32.2 Å². The maximum Gasteiger partial charge on any atom is 0.283 e. The Labute approximate surface area is 160 Å². The lowest BCUT2D eigenvalue weighted by atomic mass is 10.1. The molecule has 140 valence electrons. The Morgan fingerprint density at radius 2 is 2.11 bits per heavy atom. The number of thioether (sulfide) groups is 1. The van der Waals surface area contributed by atoms with Gasteiger partial charge in [-0.1, -0.05) is 0 Å². The van der Waals surface area contributed by atoms with Gasteiger partial charge in [-0.25, -0.2) is 0 Å².